The molecule has 0 aliphatic rings. The Morgan fingerprint density at radius 3 is 2.27 bits per heavy atom. The minimum absolute atomic E-state index is 0.276. The van der Waals surface area contributed by atoms with Crippen molar-refractivity contribution < 1.29 is 22.7 Å². The number of benzene rings is 2. The molecule has 0 aromatic heterocycles. The van der Waals surface area contributed by atoms with Crippen LogP contribution in [0.4, 0.5) is 11.4 Å². The molecule has 140 valence electrons. The first-order valence-electron chi connectivity index (χ1n) is 7.46. The summed E-state index contributed by atoms with van der Waals surface area (Å²) in [4.78, 5) is 12.6. The zero-order chi connectivity index (χ0) is 19.5. The number of carbonyl (C=O) groups excluding carboxylic acids is 1. The van der Waals surface area contributed by atoms with Crippen LogP contribution in [0.3, 0.4) is 0 Å². The lowest BCUT2D eigenvalue weighted by Gasteiger charge is -2.14. The first-order chi connectivity index (χ1) is 12.1. The van der Waals surface area contributed by atoms with E-state index in [-0.39, 0.29) is 5.56 Å². The van der Waals surface area contributed by atoms with Gasteiger partial charge in [-0.2, -0.15) is 0 Å². The van der Waals surface area contributed by atoms with Crippen LogP contribution in [0.5, 0.6) is 11.5 Å². The van der Waals surface area contributed by atoms with E-state index in [0.717, 1.165) is 6.26 Å². The van der Waals surface area contributed by atoms with Crippen LogP contribution < -0.4 is 19.5 Å². The van der Waals surface area contributed by atoms with Gasteiger partial charge in [-0.1, -0.05) is 17.7 Å². The Labute approximate surface area is 157 Å². The van der Waals surface area contributed by atoms with Crippen molar-refractivity contribution in [1.29, 1.82) is 0 Å². The SMILES string of the molecule is COc1cc(NC(=O)c2ccc(C)c(NS(C)(=O)=O)c2)c(OC)cc1Cl. The van der Waals surface area contributed by atoms with Crippen LogP contribution in [0.25, 0.3) is 0 Å². The highest BCUT2D eigenvalue weighted by Crippen LogP contribution is 2.36. The minimum Gasteiger partial charge on any atom is -0.495 e. The third kappa shape index (κ3) is 4.80. The highest BCUT2D eigenvalue weighted by Gasteiger charge is 2.15. The average Bonchev–Trinajstić information content (AvgIpc) is 2.56. The van der Waals surface area contributed by atoms with E-state index in [0.29, 0.717) is 33.5 Å². The van der Waals surface area contributed by atoms with Gasteiger partial charge in [0.1, 0.15) is 11.5 Å². The molecule has 0 unspecified atom stereocenters. The van der Waals surface area contributed by atoms with Gasteiger partial charge >= 0.3 is 0 Å². The maximum atomic E-state index is 12.6. The number of ether oxygens (including phenoxy) is 2. The fraction of sp³-hybridized carbons (Fsp3) is 0.235. The molecule has 0 spiro atoms. The standard InChI is InChI=1S/C17H19ClN2O5S/c1-10-5-6-11(7-13(10)20-26(4,22)23)17(21)19-14-9-15(24-2)12(18)8-16(14)25-3/h5-9,20H,1-4H3,(H,19,21). The lowest BCUT2D eigenvalue weighted by molar-refractivity contribution is 0.102. The van der Waals surface area contributed by atoms with Crippen LogP contribution in [0.2, 0.25) is 5.02 Å². The van der Waals surface area contributed by atoms with Crippen molar-refractivity contribution in [3.05, 3.63) is 46.5 Å². The van der Waals surface area contributed by atoms with Crippen LogP contribution in [-0.2, 0) is 10.0 Å². The quantitative estimate of drug-likeness (QED) is 0.778. The lowest BCUT2D eigenvalue weighted by atomic mass is 10.1. The Kier molecular flexibility index (Phi) is 5.99. The fourth-order valence-corrected chi connectivity index (χ4v) is 3.08. The second-order valence-electron chi connectivity index (χ2n) is 5.55. The number of nitrogens with one attached hydrogen (secondary N) is 2. The van der Waals surface area contributed by atoms with Gasteiger partial charge < -0.3 is 14.8 Å². The number of sulfonamides is 1. The Hall–Kier alpha value is -2.45. The molecular formula is C17H19ClN2O5S. The zero-order valence-electron chi connectivity index (χ0n) is 14.7. The molecule has 0 heterocycles. The minimum atomic E-state index is -3.46. The second-order valence-corrected chi connectivity index (χ2v) is 7.70. The van der Waals surface area contributed by atoms with E-state index in [9.17, 15) is 13.2 Å². The molecule has 0 saturated carbocycles. The Balaban J connectivity index is 2.35. The van der Waals surface area contributed by atoms with Gasteiger partial charge in [-0.15, -0.1) is 0 Å². The summed E-state index contributed by atoms with van der Waals surface area (Å²) in [6.45, 7) is 1.74. The van der Waals surface area contributed by atoms with Gasteiger partial charge in [-0.05, 0) is 24.6 Å². The molecule has 0 atom stereocenters. The summed E-state index contributed by atoms with van der Waals surface area (Å²) in [5, 5.41) is 3.05. The summed E-state index contributed by atoms with van der Waals surface area (Å²) < 4.78 is 35.7. The topological polar surface area (TPSA) is 93.7 Å². The van der Waals surface area contributed by atoms with Crippen molar-refractivity contribution in [2.75, 3.05) is 30.5 Å². The summed E-state index contributed by atoms with van der Waals surface area (Å²) in [6.07, 6.45) is 1.05. The van der Waals surface area contributed by atoms with Crippen molar-refractivity contribution >= 4 is 38.9 Å². The van der Waals surface area contributed by atoms with E-state index >= 15 is 0 Å². The number of hydrogen-bond donors (Lipinski definition) is 2. The average molecular weight is 399 g/mol. The number of carbonyl (C=O) groups is 1. The lowest BCUT2D eigenvalue weighted by Crippen LogP contribution is -2.15. The van der Waals surface area contributed by atoms with E-state index < -0.39 is 15.9 Å². The van der Waals surface area contributed by atoms with Gasteiger partial charge in [-0.25, -0.2) is 8.42 Å². The first kappa shape index (κ1) is 19.9. The zero-order valence-corrected chi connectivity index (χ0v) is 16.3. The summed E-state index contributed by atoms with van der Waals surface area (Å²) >= 11 is 6.05. The predicted molar refractivity (Wildman–Crippen MR) is 102 cm³/mol. The van der Waals surface area contributed by atoms with E-state index in [1.54, 1.807) is 25.1 Å². The van der Waals surface area contributed by atoms with Crippen molar-refractivity contribution in [2.24, 2.45) is 0 Å². The molecule has 0 aliphatic carbocycles. The van der Waals surface area contributed by atoms with Gasteiger partial charge in [0.15, 0.2) is 0 Å². The molecule has 0 fully saturated rings. The highest BCUT2D eigenvalue weighted by atomic mass is 35.5. The summed E-state index contributed by atoms with van der Waals surface area (Å²) in [7, 11) is -0.545. The van der Waals surface area contributed by atoms with E-state index in [1.807, 2.05) is 0 Å². The van der Waals surface area contributed by atoms with E-state index in [2.05, 4.69) is 10.0 Å². The van der Waals surface area contributed by atoms with Gasteiger partial charge in [-0.3, -0.25) is 9.52 Å². The Morgan fingerprint density at radius 2 is 1.69 bits per heavy atom. The molecule has 0 aliphatic heterocycles. The number of rotatable bonds is 6. The van der Waals surface area contributed by atoms with E-state index in [4.69, 9.17) is 21.1 Å². The van der Waals surface area contributed by atoms with Gasteiger partial charge in [0.25, 0.3) is 5.91 Å². The molecule has 0 radical (unpaired) electrons. The van der Waals surface area contributed by atoms with Crippen molar-refractivity contribution in [1.82, 2.24) is 0 Å². The smallest absolute Gasteiger partial charge is 0.255 e. The van der Waals surface area contributed by atoms with Gasteiger partial charge in [0.05, 0.1) is 36.9 Å². The second kappa shape index (κ2) is 7.84. The summed E-state index contributed by atoms with van der Waals surface area (Å²) in [5.41, 5.74) is 1.67. The molecule has 2 N–H and O–H groups in total. The van der Waals surface area contributed by atoms with Gasteiger partial charge in [0, 0.05) is 17.7 Å². The monoisotopic (exact) mass is 398 g/mol. The molecule has 2 aromatic rings. The Morgan fingerprint density at radius 1 is 1.04 bits per heavy atom. The largest absolute Gasteiger partial charge is 0.495 e. The number of halogens is 1. The number of hydrogen-bond acceptors (Lipinski definition) is 5. The predicted octanol–water partition coefficient (Wildman–Crippen LogP) is 3.29. The number of methoxy groups -OCH3 is 2. The normalized spacial score (nSPS) is 11.0. The third-order valence-corrected chi connectivity index (χ3v) is 4.40. The molecule has 2 rings (SSSR count). The van der Waals surface area contributed by atoms with E-state index in [1.165, 1.54) is 26.4 Å². The third-order valence-electron chi connectivity index (χ3n) is 3.52. The summed E-state index contributed by atoms with van der Waals surface area (Å²) in [5.74, 6) is 0.307. The highest BCUT2D eigenvalue weighted by molar-refractivity contribution is 7.92. The summed E-state index contributed by atoms with van der Waals surface area (Å²) in [6, 6.07) is 7.79. The Bertz CT molecular complexity index is 944. The number of amides is 1. The molecule has 2 aromatic carbocycles. The van der Waals surface area contributed by atoms with Gasteiger partial charge in [0.2, 0.25) is 10.0 Å². The molecule has 1 amide bonds. The maximum Gasteiger partial charge on any atom is 0.255 e. The van der Waals surface area contributed by atoms with Crippen molar-refractivity contribution in [2.45, 2.75) is 6.92 Å². The number of anilines is 2. The van der Waals surface area contributed by atoms with Crippen LogP contribution >= 0.6 is 11.6 Å². The van der Waals surface area contributed by atoms with Crippen LogP contribution in [0, 0.1) is 6.92 Å². The van der Waals surface area contributed by atoms with Crippen molar-refractivity contribution in [3.8, 4) is 11.5 Å². The molecule has 9 heteroatoms. The van der Waals surface area contributed by atoms with Crippen LogP contribution in [0.1, 0.15) is 15.9 Å². The van der Waals surface area contributed by atoms with Crippen molar-refractivity contribution in [3.63, 3.8) is 0 Å². The van der Waals surface area contributed by atoms with Crippen LogP contribution in [-0.4, -0.2) is 34.8 Å². The fourth-order valence-electron chi connectivity index (χ4n) is 2.23. The first-order valence-corrected chi connectivity index (χ1v) is 9.73. The molecule has 0 saturated heterocycles. The molecule has 0 bridgehead atoms. The molecular weight excluding hydrogens is 380 g/mol. The number of aryl methyl sites for hydroxylation is 1. The van der Waals surface area contributed by atoms with Crippen LogP contribution in [0.15, 0.2) is 30.3 Å². The maximum absolute atomic E-state index is 12.6. The molecule has 7 nitrogen and oxygen atoms in total. The molecule has 26 heavy (non-hydrogen) atoms.